The van der Waals surface area contributed by atoms with Gasteiger partial charge in [-0.1, -0.05) is 13.0 Å². The van der Waals surface area contributed by atoms with E-state index in [4.69, 9.17) is 4.74 Å². The van der Waals surface area contributed by atoms with Crippen molar-refractivity contribution in [1.82, 2.24) is 0 Å². The lowest BCUT2D eigenvalue weighted by atomic mass is 10.2. The summed E-state index contributed by atoms with van der Waals surface area (Å²) in [6, 6.07) is 4.41. The molecule has 0 aliphatic carbocycles. The fourth-order valence-electron chi connectivity index (χ4n) is 1.19. The average Bonchev–Trinajstić information content (AvgIpc) is 2.20. The third-order valence-corrected chi connectivity index (χ3v) is 3.72. The van der Waals surface area contributed by atoms with Crippen molar-refractivity contribution in [2.45, 2.75) is 12.7 Å². The fraction of sp³-hybridized carbons (Fsp3) is 0.400. The molecule has 0 radical (unpaired) electrons. The van der Waals surface area contributed by atoms with Gasteiger partial charge in [-0.15, -0.1) is 0 Å². The number of rotatable bonds is 4. The molecule has 4 nitrogen and oxygen atoms in total. The average molecular weight is 230 g/mol. The SMILES string of the molecule is CCS(=O)(=O)Cc1ccc(O)cc1OC. The Kier molecular flexibility index (Phi) is 3.57. The van der Waals surface area contributed by atoms with Crippen molar-refractivity contribution in [3.63, 3.8) is 0 Å². The van der Waals surface area contributed by atoms with Crippen LogP contribution in [0.2, 0.25) is 0 Å². The highest BCUT2D eigenvalue weighted by molar-refractivity contribution is 7.90. The number of aromatic hydroxyl groups is 1. The molecule has 0 unspecified atom stereocenters. The third-order valence-electron chi connectivity index (χ3n) is 2.09. The van der Waals surface area contributed by atoms with Crippen LogP contribution >= 0.6 is 0 Å². The summed E-state index contributed by atoms with van der Waals surface area (Å²) in [6.07, 6.45) is 0. The second-order valence-electron chi connectivity index (χ2n) is 3.17. The molecular weight excluding hydrogens is 216 g/mol. The fourth-order valence-corrected chi connectivity index (χ4v) is 2.11. The molecule has 15 heavy (non-hydrogen) atoms. The van der Waals surface area contributed by atoms with E-state index >= 15 is 0 Å². The van der Waals surface area contributed by atoms with Crippen molar-refractivity contribution in [1.29, 1.82) is 0 Å². The third kappa shape index (κ3) is 3.13. The molecule has 0 aliphatic heterocycles. The number of sulfone groups is 1. The van der Waals surface area contributed by atoms with Crippen molar-refractivity contribution >= 4 is 9.84 Å². The van der Waals surface area contributed by atoms with Crippen LogP contribution in [0, 0.1) is 0 Å². The van der Waals surface area contributed by atoms with Gasteiger partial charge in [-0.05, 0) is 6.07 Å². The number of hydrogen-bond acceptors (Lipinski definition) is 4. The summed E-state index contributed by atoms with van der Waals surface area (Å²) in [7, 11) is -1.64. The normalized spacial score (nSPS) is 11.3. The molecule has 0 amide bonds. The van der Waals surface area contributed by atoms with Gasteiger partial charge in [0.15, 0.2) is 9.84 Å². The van der Waals surface area contributed by atoms with Gasteiger partial charge >= 0.3 is 0 Å². The highest BCUT2D eigenvalue weighted by Gasteiger charge is 2.13. The van der Waals surface area contributed by atoms with Gasteiger partial charge in [0, 0.05) is 17.4 Å². The number of benzene rings is 1. The lowest BCUT2D eigenvalue weighted by Crippen LogP contribution is -2.07. The summed E-state index contributed by atoms with van der Waals surface area (Å²) in [5.74, 6) is 0.487. The Hall–Kier alpha value is -1.23. The Labute approximate surface area is 89.4 Å². The van der Waals surface area contributed by atoms with E-state index in [1.807, 2.05) is 0 Å². The molecule has 1 rings (SSSR count). The Morgan fingerprint density at radius 3 is 2.60 bits per heavy atom. The van der Waals surface area contributed by atoms with Crippen molar-refractivity contribution in [3.8, 4) is 11.5 Å². The Morgan fingerprint density at radius 1 is 1.40 bits per heavy atom. The molecule has 5 heteroatoms. The van der Waals surface area contributed by atoms with Crippen molar-refractivity contribution in [2.24, 2.45) is 0 Å². The first-order chi connectivity index (χ1) is 6.98. The first-order valence-corrected chi connectivity index (χ1v) is 6.37. The molecule has 0 bridgehead atoms. The van der Waals surface area contributed by atoms with Gasteiger partial charge in [-0.2, -0.15) is 0 Å². The van der Waals surface area contributed by atoms with Crippen molar-refractivity contribution in [2.75, 3.05) is 12.9 Å². The first-order valence-electron chi connectivity index (χ1n) is 4.55. The molecule has 0 fully saturated rings. The maximum Gasteiger partial charge on any atom is 0.154 e. The van der Waals surface area contributed by atoms with Crippen LogP contribution in [0.5, 0.6) is 11.5 Å². The van der Waals surface area contributed by atoms with E-state index in [1.165, 1.54) is 19.2 Å². The van der Waals surface area contributed by atoms with Crippen LogP contribution in [0.25, 0.3) is 0 Å². The van der Waals surface area contributed by atoms with E-state index in [9.17, 15) is 13.5 Å². The van der Waals surface area contributed by atoms with Crippen LogP contribution in [0.1, 0.15) is 12.5 Å². The summed E-state index contributed by atoms with van der Waals surface area (Å²) < 4.78 is 27.8. The van der Waals surface area contributed by atoms with E-state index in [-0.39, 0.29) is 17.3 Å². The lowest BCUT2D eigenvalue weighted by molar-refractivity contribution is 0.404. The molecule has 1 aromatic carbocycles. The van der Waals surface area contributed by atoms with Crippen LogP contribution in [0.15, 0.2) is 18.2 Å². The summed E-state index contributed by atoms with van der Waals surface area (Å²) in [6.45, 7) is 1.60. The molecule has 0 aromatic heterocycles. The van der Waals surface area contributed by atoms with Gasteiger partial charge in [-0.25, -0.2) is 8.42 Å². The van der Waals surface area contributed by atoms with Crippen LogP contribution in [-0.4, -0.2) is 26.4 Å². The summed E-state index contributed by atoms with van der Waals surface area (Å²) in [5.41, 5.74) is 0.567. The van der Waals surface area contributed by atoms with E-state index in [2.05, 4.69) is 0 Å². The van der Waals surface area contributed by atoms with Crippen LogP contribution in [-0.2, 0) is 15.6 Å². The van der Waals surface area contributed by atoms with E-state index < -0.39 is 9.84 Å². The highest BCUT2D eigenvalue weighted by atomic mass is 32.2. The van der Waals surface area contributed by atoms with E-state index in [0.717, 1.165) is 0 Å². The Morgan fingerprint density at radius 2 is 2.07 bits per heavy atom. The topological polar surface area (TPSA) is 63.6 Å². The molecule has 0 saturated carbocycles. The summed E-state index contributed by atoms with van der Waals surface area (Å²) in [4.78, 5) is 0. The predicted octanol–water partition coefficient (Wildman–Crippen LogP) is 1.34. The molecular formula is C10H14O4S. The quantitative estimate of drug-likeness (QED) is 0.847. The maximum atomic E-state index is 11.4. The zero-order chi connectivity index (χ0) is 11.5. The van der Waals surface area contributed by atoms with E-state index in [1.54, 1.807) is 13.0 Å². The zero-order valence-corrected chi connectivity index (χ0v) is 9.54. The number of methoxy groups -OCH3 is 1. The molecule has 84 valence electrons. The van der Waals surface area contributed by atoms with Crippen LogP contribution < -0.4 is 4.74 Å². The molecule has 0 saturated heterocycles. The largest absolute Gasteiger partial charge is 0.508 e. The smallest absolute Gasteiger partial charge is 0.154 e. The van der Waals surface area contributed by atoms with Crippen molar-refractivity contribution in [3.05, 3.63) is 23.8 Å². The van der Waals surface area contributed by atoms with Gasteiger partial charge in [-0.3, -0.25) is 0 Å². The van der Waals surface area contributed by atoms with Crippen LogP contribution in [0.4, 0.5) is 0 Å². The van der Waals surface area contributed by atoms with Gasteiger partial charge in [0.1, 0.15) is 11.5 Å². The molecule has 1 N–H and O–H groups in total. The number of ether oxygens (including phenoxy) is 1. The Bertz CT molecular complexity index is 437. The first kappa shape index (κ1) is 11.8. The predicted molar refractivity (Wildman–Crippen MR) is 57.8 cm³/mol. The lowest BCUT2D eigenvalue weighted by Gasteiger charge is -2.08. The van der Waals surface area contributed by atoms with Crippen LogP contribution in [0.3, 0.4) is 0 Å². The minimum Gasteiger partial charge on any atom is -0.508 e. The minimum atomic E-state index is -3.08. The second kappa shape index (κ2) is 4.53. The Balaban J connectivity index is 3.05. The number of hydrogen-bond donors (Lipinski definition) is 1. The molecule has 0 spiro atoms. The monoisotopic (exact) mass is 230 g/mol. The highest BCUT2D eigenvalue weighted by Crippen LogP contribution is 2.25. The maximum absolute atomic E-state index is 11.4. The molecule has 0 aliphatic rings. The van der Waals surface area contributed by atoms with Gasteiger partial charge in [0.2, 0.25) is 0 Å². The van der Waals surface area contributed by atoms with Gasteiger partial charge in [0.05, 0.1) is 12.9 Å². The second-order valence-corrected chi connectivity index (χ2v) is 5.53. The molecule has 0 atom stereocenters. The van der Waals surface area contributed by atoms with Crippen molar-refractivity contribution < 1.29 is 18.3 Å². The molecule has 0 heterocycles. The number of phenols is 1. The van der Waals surface area contributed by atoms with Gasteiger partial charge < -0.3 is 9.84 Å². The summed E-state index contributed by atoms with van der Waals surface area (Å²) in [5, 5.41) is 9.19. The zero-order valence-electron chi connectivity index (χ0n) is 8.73. The summed E-state index contributed by atoms with van der Waals surface area (Å²) >= 11 is 0. The minimum absolute atomic E-state index is 0.0597. The standard InChI is InChI=1S/C10H14O4S/c1-3-15(12,13)7-8-4-5-9(11)6-10(8)14-2/h4-6,11H,3,7H2,1-2H3. The number of phenolic OH excluding ortho intramolecular Hbond substituents is 1. The van der Waals surface area contributed by atoms with Gasteiger partial charge in [0.25, 0.3) is 0 Å². The molecule has 1 aromatic rings. The van der Waals surface area contributed by atoms with E-state index in [0.29, 0.717) is 11.3 Å².